The first-order valence-corrected chi connectivity index (χ1v) is 8.56. The zero-order chi connectivity index (χ0) is 15.2. The quantitative estimate of drug-likeness (QED) is 0.797. The van der Waals surface area contributed by atoms with Crippen LogP contribution >= 0.6 is 23.6 Å². The van der Waals surface area contributed by atoms with Crippen LogP contribution in [0.3, 0.4) is 0 Å². The second kappa shape index (κ2) is 7.57. The first kappa shape index (κ1) is 16.0. The average Bonchev–Trinajstić information content (AvgIpc) is 3.06. The summed E-state index contributed by atoms with van der Waals surface area (Å²) >= 11 is 7.02. The molecule has 2 atom stereocenters. The molecule has 21 heavy (non-hydrogen) atoms. The number of thiocarbonyl (C=S) groups is 1. The van der Waals surface area contributed by atoms with Crippen molar-refractivity contribution in [2.45, 2.75) is 32.2 Å². The first-order chi connectivity index (χ1) is 10.2. The van der Waals surface area contributed by atoms with E-state index in [1.54, 1.807) is 11.3 Å². The molecule has 0 aliphatic heterocycles. The Morgan fingerprint density at radius 1 is 1.19 bits per heavy atom. The van der Waals surface area contributed by atoms with Crippen LogP contribution in [0.2, 0.25) is 0 Å². The largest absolute Gasteiger partial charge is 0.366 e. The molecule has 0 aliphatic rings. The number of thiophene rings is 1. The van der Waals surface area contributed by atoms with Crippen LogP contribution in [-0.2, 0) is 0 Å². The fourth-order valence-corrected chi connectivity index (χ4v) is 3.15. The lowest BCUT2D eigenvalue weighted by molar-refractivity contribution is 0.728. The summed E-state index contributed by atoms with van der Waals surface area (Å²) in [5.74, 6) is 0.602. The smallest absolute Gasteiger partial charge is 0.166 e. The molecule has 0 unspecified atom stereocenters. The standard InChI is InChI=1S/C17H22N2S2/c1-4-12(2)13-7-9-14(10-8-13)16(19-17(20)18-3)15-6-5-11-21-15/h5-12,16H,4H2,1-3H3,(H2,18,19,20)/t12-,16+/m1/s1. The maximum Gasteiger partial charge on any atom is 0.166 e. The summed E-state index contributed by atoms with van der Waals surface area (Å²) in [4.78, 5) is 1.27. The topological polar surface area (TPSA) is 24.1 Å². The highest BCUT2D eigenvalue weighted by atomic mass is 32.1. The molecule has 2 N–H and O–H groups in total. The van der Waals surface area contributed by atoms with Crippen molar-refractivity contribution in [2.24, 2.45) is 0 Å². The van der Waals surface area contributed by atoms with Gasteiger partial charge in [0.15, 0.2) is 5.11 Å². The Kier molecular flexibility index (Phi) is 5.76. The zero-order valence-corrected chi connectivity index (χ0v) is 14.4. The maximum absolute atomic E-state index is 5.27. The summed E-state index contributed by atoms with van der Waals surface area (Å²) in [6.07, 6.45) is 1.16. The summed E-state index contributed by atoms with van der Waals surface area (Å²) in [6, 6.07) is 13.2. The van der Waals surface area contributed by atoms with Crippen LogP contribution in [-0.4, -0.2) is 12.2 Å². The first-order valence-electron chi connectivity index (χ1n) is 7.27. The van der Waals surface area contributed by atoms with E-state index >= 15 is 0 Å². The van der Waals surface area contributed by atoms with Crippen molar-refractivity contribution in [3.05, 3.63) is 57.8 Å². The fraction of sp³-hybridized carbons (Fsp3) is 0.353. The van der Waals surface area contributed by atoms with Gasteiger partial charge in [0, 0.05) is 11.9 Å². The molecule has 0 spiro atoms. The lowest BCUT2D eigenvalue weighted by Gasteiger charge is -2.20. The van der Waals surface area contributed by atoms with E-state index in [0.717, 1.165) is 6.42 Å². The third kappa shape index (κ3) is 4.05. The molecule has 0 saturated carbocycles. The van der Waals surface area contributed by atoms with Crippen LogP contribution in [0, 0.1) is 0 Å². The molecule has 2 nitrogen and oxygen atoms in total. The molecule has 2 rings (SSSR count). The molecule has 1 aromatic carbocycles. The molecule has 4 heteroatoms. The minimum Gasteiger partial charge on any atom is -0.366 e. The third-order valence-electron chi connectivity index (χ3n) is 3.78. The molecule has 0 bridgehead atoms. The number of rotatable bonds is 5. The van der Waals surface area contributed by atoms with Gasteiger partial charge in [-0.1, -0.05) is 44.2 Å². The Bertz CT molecular complexity index is 561. The highest BCUT2D eigenvalue weighted by Crippen LogP contribution is 2.28. The van der Waals surface area contributed by atoms with E-state index in [1.165, 1.54) is 16.0 Å². The van der Waals surface area contributed by atoms with Crippen LogP contribution in [0.4, 0.5) is 0 Å². The summed E-state index contributed by atoms with van der Waals surface area (Å²) < 4.78 is 0. The highest BCUT2D eigenvalue weighted by molar-refractivity contribution is 7.80. The molecule has 0 saturated heterocycles. The highest BCUT2D eigenvalue weighted by Gasteiger charge is 2.16. The Morgan fingerprint density at radius 2 is 1.86 bits per heavy atom. The lowest BCUT2D eigenvalue weighted by atomic mass is 9.95. The van der Waals surface area contributed by atoms with Crippen molar-refractivity contribution in [3.63, 3.8) is 0 Å². The maximum atomic E-state index is 5.27. The third-order valence-corrected chi connectivity index (χ3v) is 5.04. The molecule has 1 aromatic heterocycles. The molecule has 1 heterocycles. The van der Waals surface area contributed by atoms with Crippen LogP contribution in [0.25, 0.3) is 0 Å². The van der Waals surface area contributed by atoms with Crippen molar-refractivity contribution in [1.82, 2.24) is 10.6 Å². The minimum absolute atomic E-state index is 0.107. The summed E-state index contributed by atoms with van der Waals surface area (Å²) in [5.41, 5.74) is 2.63. The second-order valence-electron chi connectivity index (χ2n) is 5.15. The van der Waals surface area contributed by atoms with Gasteiger partial charge in [-0.2, -0.15) is 0 Å². The Labute approximate surface area is 136 Å². The van der Waals surface area contributed by atoms with Gasteiger partial charge in [0.05, 0.1) is 6.04 Å². The van der Waals surface area contributed by atoms with E-state index in [4.69, 9.17) is 12.2 Å². The van der Waals surface area contributed by atoms with Gasteiger partial charge in [-0.15, -0.1) is 11.3 Å². The van der Waals surface area contributed by atoms with Crippen LogP contribution in [0.5, 0.6) is 0 Å². The summed E-state index contributed by atoms with van der Waals surface area (Å²) in [6.45, 7) is 4.49. The zero-order valence-electron chi connectivity index (χ0n) is 12.7. The molecule has 0 aliphatic carbocycles. The lowest BCUT2D eigenvalue weighted by Crippen LogP contribution is -2.35. The van der Waals surface area contributed by atoms with Crippen molar-refractivity contribution in [2.75, 3.05) is 7.05 Å². The van der Waals surface area contributed by atoms with Crippen LogP contribution < -0.4 is 10.6 Å². The summed E-state index contributed by atoms with van der Waals surface area (Å²) in [5, 5.41) is 9.13. The van der Waals surface area contributed by atoms with Gasteiger partial charge in [-0.25, -0.2) is 0 Å². The molecular formula is C17H22N2S2. The van der Waals surface area contributed by atoms with E-state index < -0.39 is 0 Å². The van der Waals surface area contributed by atoms with E-state index in [0.29, 0.717) is 11.0 Å². The second-order valence-corrected chi connectivity index (χ2v) is 6.54. The minimum atomic E-state index is 0.107. The number of hydrogen-bond donors (Lipinski definition) is 2. The molecule has 112 valence electrons. The van der Waals surface area contributed by atoms with Gasteiger partial charge < -0.3 is 10.6 Å². The predicted molar refractivity (Wildman–Crippen MR) is 96.1 cm³/mol. The van der Waals surface area contributed by atoms with Gasteiger partial charge in [-0.3, -0.25) is 0 Å². The van der Waals surface area contributed by atoms with E-state index in [-0.39, 0.29) is 6.04 Å². The molecule has 0 fully saturated rings. The summed E-state index contributed by atoms with van der Waals surface area (Å²) in [7, 11) is 1.84. The number of nitrogens with one attached hydrogen (secondary N) is 2. The normalized spacial score (nSPS) is 13.5. The van der Waals surface area contributed by atoms with E-state index in [2.05, 4.69) is 66.3 Å². The number of benzene rings is 1. The van der Waals surface area contributed by atoms with Gasteiger partial charge >= 0.3 is 0 Å². The van der Waals surface area contributed by atoms with Crippen LogP contribution in [0.15, 0.2) is 41.8 Å². The predicted octanol–water partition coefficient (Wildman–Crippen LogP) is 4.44. The Hall–Kier alpha value is -1.39. The van der Waals surface area contributed by atoms with Gasteiger partial charge in [0.25, 0.3) is 0 Å². The van der Waals surface area contributed by atoms with Gasteiger partial charge in [0.1, 0.15) is 0 Å². The van der Waals surface area contributed by atoms with Crippen molar-refractivity contribution in [3.8, 4) is 0 Å². The molecule has 0 amide bonds. The molecule has 2 aromatic rings. The number of hydrogen-bond acceptors (Lipinski definition) is 2. The molecular weight excluding hydrogens is 296 g/mol. The average molecular weight is 319 g/mol. The van der Waals surface area contributed by atoms with E-state index in [9.17, 15) is 0 Å². The Balaban J connectivity index is 2.26. The van der Waals surface area contributed by atoms with Gasteiger partial charge in [-0.05, 0) is 47.1 Å². The fourth-order valence-electron chi connectivity index (χ4n) is 2.23. The van der Waals surface area contributed by atoms with E-state index in [1.807, 2.05) is 7.05 Å². The van der Waals surface area contributed by atoms with Crippen molar-refractivity contribution in [1.29, 1.82) is 0 Å². The van der Waals surface area contributed by atoms with Crippen molar-refractivity contribution >= 4 is 28.7 Å². The Morgan fingerprint density at radius 3 is 2.38 bits per heavy atom. The monoisotopic (exact) mass is 318 g/mol. The SMILES string of the molecule is CC[C@@H](C)c1ccc([C@H](NC(=S)NC)c2cccs2)cc1. The van der Waals surface area contributed by atoms with Gasteiger partial charge in [0.2, 0.25) is 0 Å². The van der Waals surface area contributed by atoms with Crippen molar-refractivity contribution < 1.29 is 0 Å². The molecule has 0 radical (unpaired) electrons. The van der Waals surface area contributed by atoms with Crippen LogP contribution in [0.1, 0.15) is 48.2 Å².